The van der Waals surface area contributed by atoms with Crippen LogP contribution in [-0.4, -0.2) is 27.6 Å². The quantitative estimate of drug-likeness (QED) is 0.483. The minimum atomic E-state index is -0.365. The third-order valence-electron chi connectivity index (χ3n) is 3.57. The van der Waals surface area contributed by atoms with Crippen molar-refractivity contribution in [1.29, 1.82) is 0 Å². The van der Waals surface area contributed by atoms with Crippen LogP contribution in [0.15, 0.2) is 30.7 Å². The van der Waals surface area contributed by atoms with Gasteiger partial charge in [-0.3, -0.25) is 0 Å². The molecule has 0 saturated carbocycles. The molecule has 2 aromatic heterocycles. The van der Waals surface area contributed by atoms with Crippen molar-refractivity contribution in [2.24, 2.45) is 7.05 Å². The van der Waals surface area contributed by atoms with Gasteiger partial charge in [-0.05, 0) is 53.3 Å². The number of pyridine rings is 1. The van der Waals surface area contributed by atoms with Crippen LogP contribution in [0.1, 0.15) is 15.9 Å². The second kappa shape index (κ2) is 5.68. The number of nitrogens with zero attached hydrogens (tertiary/aromatic N) is 3. The van der Waals surface area contributed by atoms with Crippen LogP contribution >= 0.6 is 22.6 Å². The Morgan fingerprint density at radius 1 is 1.32 bits per heavy atom. The summed E-state index contributed by atoms with van der Waals surface area (Å²) < 4.78 is 7.88. The molecule has 1 aromatic carbocycles. The van der Waals surface area contributed by atoms with Gasteiger partial charge < -0.3 is 9.30 Å². The molecule has 0 aliphatic carbocycles. The monoisotopic (exact) mass is 407 g/mol. The minimum absolute atomic E-state index is 0.365. The average molecular weight is 407 g/mol. The molecule has 0 aliphatic rings. The summed E-state index contributed by atoms with van der Waals surface area (Å²) in [5.41, 5.74) is 3.97. The summed E-state index contributed by atoms with van der Waals surface area (Å²) in [5.74, 6) is -0.365. The summed E-state index contributed by atoms with van der Waals surface area (Å²) in [4.78, 5) is 21.0. The molecule has 0 saturated heterocycles. The van der Waals surface area contributed by atoms with Crippen molar-refractivity contribution in [2.75, 3.05) is 7.11 Å². The molecule has 6 heteroatoms. The second-order valence-corrected chi connectivity index (χ2v) is 6.22. The number of methoxy groups -OCH3 is 1. The lowest BCUT2D eigenvalue weighted by Crippen LogP contribution is -2.05. The van der Waals surface area contributed by atoms with Gasteiger partial charge in [-0.25, -0.2) is 14.8 Å². The highest BCUT2D eigenvalue weighted by Gasteiger charge is 2.16. The van der Waals surface area contributed by atoms with E-state index >= 15 is 0 Å². The Hall–Kier alpha value is -1.96. The van der Waals surface area contributed by atoms with Gasteiger partial charge in [-0.15, -0.1) is 0 Å². The molecule has 0 fully saturated rings. The molecule has 3 aromatic rings. The fourth-order valence-electron chi connectivity index (χ4n) is 2.37. The number of hydrogen-bond donors (Lipinski definition) is 0. The molecule has 0 amide bonds. The van der Waals surface area contributed by atoms with Crippen molar-refractivity contribution in [3.63, 3.8) is 0 Å². The number of esters is 1. The van der Waals surface area contributed by atoms with Crippen LogP contribution in [0.2, 0.25) is 0 Å². The van der Waals surface area contributed by atoms with Crippen LogP contribution in [0, 0.1) is 10.5 Å². The maximum atomic E-state index is 12.2. The molecule has 0 N–H and O–H groups in total. The lowest BCUT2D eigenvalue weighted by Gasteiger charge is -2.10. The van der Waals surface area contributed by atoms with Gasteiger partial charge in [-0.1, -0.05) is 0 Å². The summed E-state index contributed by atoms with van der Waals surface area (Å²) >= 11 is 2.26. The largest absolute Gasteiger partial charge is 0.465 e. The lowest BCUT2D eigenvalue weighted by molar-refractivity contribution is 0.0603. The molecule has 0 unspecified atom stereocenters. The summed E-state index contributed by atoms with van der Waals surface area (Å²) in [5, 5.41) is 0.799. The predicted octanol–water partition coefficient (Wildman–Crippen LogP) is 3.33. The number of aryl methyl sites for hydroxylation is 2. The summed E-state index contributed by atoms with van der Waals surface area (Å²) in [7, 11) is 3.28. The molecular weight excluding hydrogens is 393 g/mol. The first kappa shape index (κ1) is 15.0. The molecular formula is C16H14IN3O2. The van der Waals surface area contributed by atoms with Crippen LogP contribution in [0.3, 0.4) is 0 Å². The van der Waals surface area contributed by atoms with E-state index in [0.29, 0.717) is 11.3 Å². The number of fused-ring (bicyclic) bond motifs is 1. The summed E-state index contributed by atoms with van der Waals surface area (Å²) in [6, 6.07) is 5.72. The fourth-order valence-corrected chi connectivity index (χ4v) is 2.83. The van der Waals surface area contributed by atoms with E-state index in [1.54, 1.807) is 18.6 Å². The number of carbonyl (C=O) groups excluding carboxylic acids is 1. The normalized spacial score (nSPS) is 10.9. The zero-order valence-electron chi connectivity index (χ0n) is 12.4. The van der Waals surface area contributed by atoms with Crippen LogP contribution < -0.4 is 0 Å². The summed E-state index contributed by atoms with van der Waals surface area (Å²) in [6.07, 6.45) is 3.44. The number of imidazole rings is 1. The van der Waals surface area contributed by atoms with E-state index in [-0.39, 0.29) is 5.97 Å². The molecule has 0 aliphatic heterocycles. The average Bonchev–Trinajstić information content (AvgIpc) is 2.93. The number of aromatic nitrogens is 3. The van der Waals surface area contributed by atoms with E-state index in [2.05, 4.69) is 32.6 Å². The van der Waals surface area contributed by atoms with Crippen LogP contribution in [0.4, 0.5) is 0 Å². The predicted molar refractivity (Wildman–Crippen MR) is 92.7 cm³/mol. The third-order valence-corrected chi connectivity index (χ3v) is 4.74. The third kappa shape index (κ3) is 2.47. The van der Waals surface area contributed by atoms with E-state index in [9.17, 15) is 4.79 Å². The molecule has 0 bridgehead atoms. The van der Waals surface area contributed by atoms with Crippen LogP contribution in [-0.2, 0) is 11.8 Å². The van der Waals surface area contributed by atoms with Crippen molar-refractivity contribution in [1.82, 2.24) is 14.5 Å². The van der Waals surface area contributed by atoms with Crippen LogP contribution in [0.25, 0.3) is 22.3 Å². The Morgan fingerprint density at radius 3 is 2.73 bits per heavy atom. The minimum Gasteiger partial charge on any atom is -0.465 e. The molecule has 0 atom stereocenters. The molecule has 3 rings (SSSR count). The SMILES string of the molecule is COC(=O)c1cc(-c2cncn2C)nc2cc(C)c(I)cc12. The molecule has 22 heavy (non-hydrogen) atoms. The fraction of sp³-hybridized carbons (Fsp3) is 0.188. The zero-order valence-corrected chi connectivity index (χ0v) is 14.6. The number of halogens is 1. The van der Waals surface area contributed by atoms with Crippen molar-refractivity contribution in [2.45, 2.75) is 6.92 Å². The molecule has 0 radical (unpaired) electrons. The first-order valence-corrected chi connectivity index (χ1v) is 7.75. The van der Waals surface area contributed by atoms with E-state index in [4.69, 9.17) is 4.74 Å². The van der Waals surface area contributed by atoms with Gasteiger partial charge in [0, 0.05) is 16.0 Å². The number of carbonyl (C=O) groups is 1. The number of rotatable bonds is 2. The molecule has 2 heterocycles. The summed E-state index contributed by atoms with van der Waals surface area (Å²) in [6.45, 7) is 2.03. The van der Waals surface area contributed by atoms with E-state index < -0.39 is 0 Å². The lowest BCUT2D eigenvalue weighted by atomic mass is 10.0. The number of benzene rings is 1. The van der Waals surface area contributed by atoms with Gasteiger partial charge in [0.1, 0.15) is 0 Å². The Kier molecular flexibility index (Phi) is 3.86. The second-order valence-electron chi connectivity index (χ2n) is 5.05. The maximum absolute atomic E-state index is 12.2. The van der Waals surface area contributed by atoms with Gasteiger partial charge in [0.25, 0.3) is 0 Å². The Balaban J connectivity index is 2.35. The van der Waals surface area contributed by atoms with Gasteiger partial charge in [-0.2, -0.15) is 0 Å². The van der Waals surface area contributed by atoms with E-state index in [1.165, 1.54) is 7.11 Å². The topological polar surface area (TPSA) is 57.0 Å². The first-order chi connectivity index (χ1) is 10.5. The van der Waals surface area contributed by atoms with Crippen molar-refractivity contribution < 1.29 is 9.53 Å². The van der Waals surface area contributed by atoms with Gasteiger partial charge in [0.15, 0.2) is 0 Å². The zero-order chi connectivity index (χ0) is 15.9. The molecule has 5 nitrogen and oxygen atoms in total. The van der Waals surface area contributed by atoms with Crippen LogP contribution in [0.5, 0.6) is 0 Å². The first-order valence-electron chi connectivity index (χ1n) is 6.67. The Labute approximate surface area is 141 Å². The smallest absolute Gasteiger partial charge is 0.338 e. The maximum Gasteiger partial charge on any atom is 0.338 e. The highest BCUT2D eigenvalue weighted by molar-refractivity contribution is 14.1. The highest BCUT2D eigenvalue weighted by atomic mass is 127. The van der Waals surface area contributed by atoms with Crippen molar-refractivity contribution in [3.8, 4) is 11.4 Å². The van der Waals surface area contributed by atoms with Gasteiger partial charge in [0.05, 0.1) is 42.1 Å². The van der Waals surface area contributed by atoms with Crippen molar-refractivity contribution >= 4 is 39.5 Å². The molecule has 112 valence electrons. The molecule has 0 spiro atoms. The van der Waals surface area contributed by atoms with E-state index in [1.807, 2.05) is 30.7 Å². The Bertz CT molecular complexity index is 886. The highest BCUT2D eigenvalue weighted by Crippen LogP contribution is 2.28. The van der Waals surface area contributed by atoms with Crippen molar-refractivity contribution in [3.05, 3.63) is 45.4 Å². The van der Waals surface area contributed by atoms with Gasteiger partial charge in [0.2, 0.25) is 0 Å². The standard InChI is InChI=1S/C16H14IN3O2/c1-9-4-13-10(5-12(9)17)11(16(21)22-3)6-14(19-13)15-7-18-8-20(15)2/h4-8H,1-3H3. The number of ether oxygens (including phenoxy) is 1. The Morgan fingerprint density at radius 2 is 2.09 bits per heavy atom. The van der Waals surface area contributed by atoms with E-state index in [0.717, 1.165) is 25.7 Å². The van der Waals surface area contributed by atoms with Gasteiger partial charge >= 0.3 is 5.97 Å². The number of hydrogen-bond acceptors (Lipinski definition) is 4.